The predicted octanol–water partition coefficient (Wildman–Crippen LogP) is 12.6. The van der Waals surface area contributed by atoms with E-state index in [4.69, 9.17) is 10.7 Å². The molecular formula is C51H40N2. The summed E-state index contributed by atoms with van der Waals surface area (Å²) in [6, 6.07) is 62.8. The molecule has 0 radical (unpaired) electrons. The fourth-order valence-corrected chi connectivity index (χ4v) is 8.43. The fourth-order valence-electron chi connectivity index (χ4n) is 8.43. The Morgan fingerprint density at radius 3 is 1.85 bits per heavy atom. The molecule has 1 aliphatic rings. The van der Waals surface area contributed by atoms with Gasteiger partial charge in [0.1, 0.15) is 0 Å². The summed E-state index contributed by atoms with van der Waals surface area (Å²) in [5.41, 5.74) is 22.0. The largest absolute Gasteiger partial charge is 0.398 e. The van der Waals surface area contributed by atoms with Crippen molar-refractivity contribution in [3.05, 3.63) is 210 Å². The molecule has 0 saturated carbocycles. The molecule has 8 aromatic rings. The van der Waals surface area contributed by atoms with Crippen LogP contribution in [-0.4, -0.2) is 5.71 Å². The minimum atomic E-state index is -0.132. The van der Waals surface area contributed by atoms with E-state index < -0.39 is 0 Å². The first kappa shape index (κ1) is 32.4. The number of allylic oxidation sites excluding steroid dienone is 1. The first-order valence-electron chi connectivity index (χ1n) is 18.4. The molecule has 0 aliphatic heterocycles. The Kier molecular flexibility index (Phi) is 8.09. The second kappa shape index (κ2) is 13.2. The summed E-state index contributed by atoms with van der Waals surface area (Å²) in [4.78, 5) is 5.02. The fraction of sp³-hybridized carbons (Fsp3) is 0.0784. The summed E-state index contributed by atoms with van der Waals surface area (Å²) in [5, 5.41) is 4.92. The van der Waals surface area contributed by atoms with E-state index in [1.165, 1.54) is 60.7 Å². The molecule has 0 heterocycles. The standard InChI is InChI=1S/C51H40N2/c1-51(2)49-41(22-13-23-45(49)46-29-28-35-16-9-10-19-40(35)50(46)51)37-26-24-36(25-27-37)39-30-31-44(43-21-12-11-20-42(39)43)47(52)32-48(38-17-7-4-8-18-38)53-33-34-14-5-3-6-15-34/h3-32H,33,52H2,1-2H3/b47-32-,53-48?. The number of aliphatic imine (C=N–C) groups is 1. The average molecular weight is 681 g/mol. The van der Waals surface area contributed by atoms with Crippen LogP contribution < -0.4 is 5.73 Å². The molecule has 1 aliphatic carbocycles. The summed E-state index contributed by atoms with van der Waals surface area (Å²) in [5.74, 6) is 0. The van der Waals surface area contributed by atoms with Crippen molar-refractivity contribution in [2.24, 2.45) is 10.7 Å². The van der Waals surface area contributed by atoms with Gasteiger partial charge in [-0.05, 0) is 83.3 Å². The number of nitrogens with zero attached hydrogens (tertiary/aromatic N) is 1. The zero-order chi connectivity index (χ0) is 35.9. The molecular weight excluding hydrogens is 641 g/mol. The minimum Gasteiger partial charge on any atom is -0.398 e. The van der Waals surface area contributed by atoms with Gasteiger partial charge in [0.25, 0.3) is 0 Å². The van der Waals surface area contributed by atoms with Crippen LogP contribution >= 0.6 is 0 Å². The van der Waals surface area contributed by atoms with E-state index in [-0.39, 0.29) is 5.41 Å². The van der Waals surface area contributed by atoms with Crippen molar-refractivity contribution in [3.8, 4) is 33.4 Å². The summed E-state index contributed by atoms with van der Waals surface area (Å²) in [7, 11) is 0. The quantitative estimate of drug-likeness (QED) is 0.167. The van der Waals surface area contributed by atoms with E-state index in [1.54, 1.807) is 0 Å². The maximum atomic E-state index is 6.95. The highest BCUT2D eigenvalue weighted by Crippen LogP contribution is 2.54. The van der Waals surface area contributed by atoms with Crippen molar-refractivity contribution >= 4 is 33.0 Å². The van der Waals surface area contributed by atoms with Crippen LogP contribution in [0.25, 0.3) is 60.6 Å². The van der Waals surface area contributed by atoms with Crippen LogP contribution in [0.2, 0.25) is 0 Å². The van der Waals surface area contributed by atoms with Crippen LogP contribution in [0.4, 0.5) is 0 Å². The maximum Gasteiger partial charge on any atom is 0.0671 e. The lowest BCUT2D eigenvalue weighted by Crippen LogP contribution is -2.16. The molecule has 2 N–H and O–H groups in total. The SMILES string of the molecule is CC1(C)c2c(-c3ccc(-c4ccc(/C(N)=C/C(=NCc5ccccc5)c5ccccc5)c5ccccc45)cc3)cccc2-c2ccc3ccccc3c21. The van der Waals surface area contributed by atoms with Crippen LogP contribution in [0.3, 0.4) is 0 Å². The molecule has 0 atom stereocenters. The van der Waals surface area contributed by atoms with E-state index in [0.717, 1.165) is 27.8 Å². The van der Waals surface area contributed by atoms with Crippen LogP contribution in [0, 0.1) is 0 Å². The highest BCUT2D eigenvalue weighted by atomic mass is 14.7. The topological polar surface area (TPSA) is 38.4 Å². The molecule has 0 aromatic heterocycles. The molecule has 8 aromatic carbocycles. The predicted molar refractivity (Wildman–Crippen MR) is 225 cm³/mol. The van der Waals surface area contributed by atoms with Crippen LogP contribution in [0.1, 0.15) is 41.7 Å². The molecule has 0 fully saturated rings. The Morgan fingerprint density at radius 1 is 0.509 bits per heavy atom. The number of rotatable bonds is 7. The first-order chi connectivity index (χ1) is 26.0. The lowest BCUT2D eigenvalue weighted by Gasteiger charge is -2.26. The monoisotopic (exact) mass is 680 g/mol. The Bertz CT molecular complexity index is 2700. The van der Waals surface area contributed by atoms with Crippen molar-refractivity contribution < 1.29 is 0 Å². The van der Waals surface area contributed by atoms with Crippen LogP contribution in [-0.2, 0) is 12.0 Å². The van der Waals surface area contributed by atoms with Crippen molar-refractivity contribution in [3.63, 3.8) is 0 Å². The number of benzene rings is 8. The highest BCUT2D eigenvalue weighted by Gasteiger charge is 2.38. The van der Waals surface area contributed by atoms with Gasteiger partial charge in [-0.25, -0.2) is 0 Å². The van der Waals surface area contributed by atoms with Gasteiger partial charge in [0.2, 0.25) is 0 Å². The van der Waals surface area contributed by atoms with Gasteiger partial charge in [-0.3, -0.25) is 4.99 Å². The zero-order valence-electron chi connectivity index (χ0n) is 30.1. The molecule has 2 heteroatoms. The van der Waals surface area contributed by atoms with Gasteiger partial charge in [-0.15, -0.1) is 0 Å². The smallest absolute Gasteiger partial charge is 0.0671 e. The lowest BCUT2D eigenvalue weighted by atomic mass is 9.77. The van der Waals surface area contributed by atoms with Gasteiger partial charge < -0.3 is 5.73 Å². The van der Waals surface area contributed by atoms with Crippen molar-refractivity contribution in [2.75, 3.05) is 0 Å². The zero-order valence-corrected chi connectivity index (χ0v) is 30.1. The van der Waals surface area contributed by atoms with E-state index in [0.29, 0.717) is 12.2 Å². The van der Waals surface area contributed by atoms with Crippen LogP contribution in [0.15, 0.2) is 187 Å². The third kappa shape index (κ3) is 5.73. The molecule has 2 nitrogen and oxygen atoms in total. The molecule has 0 amide bonds. The van der Waals surface area contributed by atoms with Crippen molar-refractivity contribution in [1.29, 1.82) is 0 Å². The molecule has 0 bridgehead atoms. The normalized spacial score (nSPS) is 13.6. The van der Waals surface area contributed by atoms with Gasteiger partial charge in [0, 0.05) is 16.7 Å². The van der Waals surface area contributed by atoms with E-state index in [9.17, 15) is 0 Å². The number of fused-ring (bicyclic) bond motifs is 6. The third-order valence-electron chi connectivity index (χ3n) is 10.9. The van der Waals surface area contributed by atoms with E-state index >= 15 is 0 Å². The summed E-state index contributed by atoms with van der Waals surface area (Å²) >= 11 is 0. The highest BCUT2D eigenvalue weighted by molar-refractivity contribution is 6.13. The van der Waals surface area contributed by atoms with E-state index in [1.807, 2.05) is 42.5 Å². The first-order valence-corrected chi connectivity index (χ1v) is 18.4. The summed E-state index contributed by atoms with van der Waals surface area (Å²) in [6.45, 7) is 5.35. The second-order valence-corrected chi connectivity index (χ2v) is 14.5. The number of nitrogens with two attached hydrogens (primary N) is 1. The average Bonchev–Trinajstić information content (AvgIpc) is 3.46. The summed E-state index contributed by atoms with van der Waals surface area (Å²) < 4.78 is 0. The van der Waals surface area contributed by atoms with Crippen molar-refractivity contribution in [2.45, 2.75) is 25.8 Å². The number of hydrogen-bond acceptors (Lipinski definition) is 2. The Hall–Kier alpha value is -6.51. The van der Waals surface area contributed by atoms with E-state index in [2.05, 4.69) is 153 Å². The van der Waals surface area contributed by atoms with Crippen LogP contribution in [0.5, 0.6) is 0 Å². The van der Waals surface area contributed by atoms with Crippen molar-refractivity contribution in [1.82, 2.24) is 0 Å². The molecule has 9 rings (SSSR count). The Morgan fingerprint density at radius 2 is 1.09 bits per heavy atom. The molecule has 254 valence electrons. The number of hydrogen-bond donors (Lipinski definition) is 1. The Labute approximate surface area is 311 Å². The maximum absolute atomic E-state index is 6.95. The molecule has 53 heavy (non-hydrogen) atoms. The third-order valence-corrected chi connectivity index (χ3v) is 10.9. The molecule has 0 spiro atoms. The Balaban J connectivity index is 1.08. The van der Waals surface area contributed by atoms with Gasteiger partial charge in [0.05, 0.1) is 12.3 Å². The van der Waals surface area contributed by atoms with Gasteiger partial charge in [-0.1, -0.05) is 190 Å². The van der Waals surface area contributed by atoms with Gasteiger partial charge in [0.15, 0.2) is 0 Å². The lowest BCUT2D eigenvalue weighted by molar-refractivity contribution is 0.668. The van der Waals surface area contributed by atoms with Gasteiger partial charge >= 0.3 is 0 Å². The minimum absolute atomic E-state index is 0.132. The molecule has 0 unspecified atom stereocenters. The summed E-state index contributed by atoms with van der Waals surface area (Å²) in [6.07, 6.45) is 2.02. The molecule has 0 saturated heterocycles. The second-order valence-electron chi connectivity index (χ2n) is 14.5. The van der Waals surface area contributed by atoms with Gasteiger partial charge in [-0.2, -0.15) is 0 Å².